The summed E-state index contributed by atoms with van der Waals surface area (Å²) in [5.41, 5.74) is 2.20. The van der Waals surface area contributed by atoms with E-state index in [1.165, 1.54) is 0 Å². The van der Waals surface area contributed by atoms with E-state index in [0.29, 0.717) is 17.1 Å². The lowest BCUT2D eigenvalue weighted by atomic mass is 9.99. The molecule has 228 valence electrons. The summed E-state index contributed by atoms with van der Waals surface area (Å²) in [7, 11) is 3.10. The molecule has 0 N–H and O–H groups in total. The summed E-state index contributed by atoms with van der Waals surface area (Å²) in [5.74, 6) is -1.03. The Balaban J connectivity index is 1.19. The standard InChI is InChI=1S/C31H38O11/c1-30(2)39-25-24(38-29-27(26(25)40-30)41-31(3,4)42-29)16-35-28(32)21-12-9-19(10-13-21)7-8-20-11-14-22(36-17-33-5)23(15-20)37-18-34-6/h7-15,24-27,29H,16-18H2,1-6H3. The Morgan fingerprint density at radius 1 is 0.762 bits per heavy atom. The molecule has 5 atom stereocenters. The molecule has 11 heteroatoms. The zero-order chi connectivity index (χ0) is 29.9. The topological polar surface area (TPSA) is 109 Å². The van der Waals surface area contributed by atoms with Gasteiger partial charge in [-0.25, -0.2) is 4.79 Å². The van der Waals surface area contributed by atoms with Crippen LogP contribution in [0.25, 0.3) is 12.2 Å². The Morgan fingerprint density at radius 3 is 2.07 bits per heavy atom. The van der Waals surface area contributed by atoms with Crippen molar-refractivity contribution in [2.75, 3.05) is 34.4 Å². The van der Waals surface area contributed by atoms with Gasteiger partial charge in [-0.1, -0.05) is 30.4 Å². The van der Waals surface area contributed by atoms with Crippen LogP contribution in [0.3, 0.4) is 0 Å². The van der Waals surface area contributed by atoms with E-state index in [-0.39, 0.29) is 20.2 Å². The second-order valence-corrected chi connectivity index (χ2v) is 11.1. The van der Waals surface area contributed by atoms with Crippen molar-refractivity contribution in [2.45, 2.75) is 70.0 Å². The Morgan fingerprint density at radius 2 is 1.36 bits per heavy atom. The highest BCUT2D eigenvalue weighted by Gasteiger charge is 2.60. The highest BCUT2D eigenvalue weighted by molar-refractivity contribution is 5.89. The van der Waals surface area contributed by atoms with E-state index in [9.17, 15) is 4.79 Å². The fraction of sp³-hybridized carbons (Fsp3) is 0.516. The second kappa shape index (κ2) is 12.7. The van der Waals surface area contributed by atoms with Crippen molar-refractivity contribution in [3.63, 3.8) is 0 Å². The molecule has 0 spiro atoms. The van der Waals surface area contributed by atoms with Gasteiger partial charge in [0.2, 0.25) is 0 Å². The quantitative estimate of drug-likeness (QED) is 0.213. The Hall–Kier alpha value is -3.03. The number of carbonyl (C=O) groups excluding carboxylic acids is 1. The Bertz CT molecular complexity index is 1260. The van der Waals surface area contributed by atoms with E-state index in [1.54, 1.807) is 32.4 Å². The molecule has 5 rings (SSSR count). The van der Waals surface area contributed by atoms with E-state index in [2.05, 4.69) is 0 Å². The molecule has 0 saturated carbocycles. The highest BCUT2D eigenvalue weighted by atomic mass is 16.9. The summed E-state index contributed by atoms with van der Waals surface area (Å²) in [5, 5.41) is 0. The third-order valence-corrected chi connectivity index (χ3v) is 6.88. The Kier molecular flexibility index (Phi) is 9.19. The molecule has 3 saturated heterocycles. The van der Waals surface area contributed by atoms with Crippen LogP contribution in [0, 0.1) is 0 Å². The van der Waals surface area contributed by atoms with E-state index in [0.717, 1.165) is 11.1 Å². The molecule has 0 aliphatic carbocycles. The predicted octanol–water partition coefficient (Wildman–Crippen LogP) is 4.38. The first-order chi connectivity index (χ1) is 20.1. The molecule has 3 aliphatic heterocycles. The van der Waals surface area contributed by atoms with Crippen LogP contribution in [0.5, 0.6) is 11.5 Å². The number of hydrogen-bond donors (Lipinski definition) is 0. The number of ether oxygens (including phenoxy) is 10. The van der Waals surface area contributed by atoms with Crippen molar-refractivity contribution in [1.29, 1.82) is 0 Å². The fourth-order valence-electron chi connectivity index (χ4n) is 5.10. The van der Waals surface area contributed by atoms with Crippen LogP contribution >= 0.6 is 0 Å². The van der Waals surface area contributed by atoms with Crippen molar-refractivity contribution < 1.29 is 52.2 Å². The normalized spacial score (nSPS) is 27.4. The van der Waals surface area contributed by atoms with Gasteiger partial charge in [0.15, 0.2) is 42.9 Å². The van der Waals surface area contributed by atoms with Crippen LogP contribution in [0.4, 0.5) is 0 Å². The summed E-state index contributed by atoms with van der Waals surface area (Å²) in [6.45, 7) is 7.48. The summed E-state index contributed by atoms with van der Waals surface area (Å²) < 4.78 is 57.1. The molecule has 42 heavy (non-hydrogen) atoms. The maximum atomic E-state index is 12.9. The summed E-state index contributed by atoms with van der Waals surface area (Å²) >= 11 is 0. The summed E-state index contributed by atoms with van der Waals surface area (Å²) in [6.07, 6.45) is 1.31. The molecule has 3 fully saturated rings. The monoisotopic (exact) mass is 586 g/mol. The van der Waals surface area contributed by atoms with Crippen LogP contribution in [-0.4, -0.2) is 82.7 Å². The van der Waals surface area contributed by atoms with Crippen molar-refractivity contribution in [2.24, 2.45) is 0 Å². The summed E-state index contributed by atoms with van der Waals surface area (Å²) in [6, 6.07) is 12.7. The fourth-order valence-corrected chi connectivity index (χ4v) is 5.10. The molecule has 0 bridgehead atoms. The number of methoxy groups -OCH3 is 2. The van der Waals surface area contributed by atoms with Gasteiger partial charge in [-0.05, 0) is 63.1 Å². The van der Waals surface area contributed by atoms with Gasteiger partial charge in [-0.3, -0.25) is 0 Å². The zero-order valence-corrected chi connectivity index (χ0v) is 24.7. The van der Waals surface area contributed by atoms with Crippen LogP contribution < -0.4 is 9.47 Å². The first-order valence-electron chi connectivity index (χ1n) is 13.8. The molecule has 3 heterocycles. The second-order valence-electron chi connectivity index (χ2n) is 11.1. The predicted molar refractivity (Wildman–Crippen MR) is 150 cm³/mol. The smallest absolute Gasteiger partial charge is 0.338 e. The lowest BCUT2D eigenvalue weighted by molar-refractivity contribution is -0.240. The molecule has 0 radical (unpaired) electrons. The molecule has 11 nitrogen and oxygen atoms in total. The van der Waals surface area contributed by atoms with E-state index < -0.39 is 48.2 Å². The SMILES string of the molecule is COCOc1ccc(C=Cc2ccc(C(=O)OCC3OC4OC(C)(C)OC4C4OC(C)(C)OC34)cc2)cc1OCOC. The number of rotatable bonds is 11. The summed E-state index contributed by atoms with van der Waals surface area (Å²) in [4.78, 5) is 12.9. The number of fused-ring (bicyclic) bond motifs is 3. The maximum Gasteiger partial charge on any atom is 0.338 e. The van der Waals surface area contributed by atoms with Gasteiger partial charge < -0.3 is 47.4 Å². The Labute approximate surface area is 245 Å². The lowest BCUT2D eigenvalue weighted by Crippen LogP contribution is -2.56. The van der Waals surface area contributed by atoms with Crippen LogP contribution in [0.15, 0.2) is 42.5 Å². The molecule has 2 aromatic carbocycles. The number of benzene rings is 2. The van der Waals surface area contributed by atoms with Gasteiger partial charge in [0.05, 0.1) is 5.56 Å². The van der Waals surface area contributed by atoms with Crippen LogP contribution in [0.1, 0.15) is 49.2 Å². The van der Waals surface area contributed by atoms with E-state index in [1.807, 2.05) is 64.1 Å². The van der Waals surface area contributed by atoms with Crippen LogP contribution in [0.2, 0.25) is 0 Å². The van der Waals surface area contributed by atoms with Gasteiger partial charge in [-0.15, -0.1) is 0 Å². The third kappa shape index (κ3) is 7.12. The maximum absolute atomic E-state index is 12.9. The minimum absolute atomic E-state index is 0.0222. The van der Waals surface area contributed by atoms with Gasteiger partial charge in [-0.2, -0.15) is 0 Å². The molecule has 5 unspecified atom stereocenters. The molecule has 0 amide bonds. The van der Waals surface area contributed by atoms with Crippen molar-refractivity contribution >= 4 is 18.1 Å². The molecular weight excluding hydrogens is 548 g/mol. The van der Waals surface area contributed by atoms with Gasteiger partial charge in [0.1, 0.15) is 31.0 Å². The average molecular weight is 587 g/mol. The average Bonchev–Trinajstić information content (AvgIpc) is 3.46. The number of esters is 1. The highest BCUT2D eigenvalue weighted by Crippen LogP contribution is 2.44. The van der Waals surface area contributed by atoms with Gasteiger partial charge in [0, 0.05) is 14.2 Å². The lowest BCUT2D eigenvalue weighted by Gasteiger charge is -2.36. The first kappa shape index (κ1) is 30.4. The molecule has 2 aromatic rings. The minimum atomic E-state index is -0.826. The van der Waals surface area contributed by atoms with Gasteiger partial charge >= 0.3 is 5.97 Å². The largest absolute Gasteiger partial charge is 0.464 e. The van der Waals surface area contributed by atoms with Crippen molar-refractivity contribution in [3.05, 3.63) is 59.2 Å². The molecule has 3 aliphatic rings. The van der Waals surface area contributed by atoms with Crippen molar-refractivity contribution in [3.8, 4) is 11.5 Å². The van der Waals surface area contributed by atoms with Crippen LogP contribution in [-0.2, 0) is 37.9 Å². The van der Waals surface area contributed by atoms with E-state index >= 15 is 0 Å². The first-order valence-corrected chi connectivity index (χ1v) is 13.8. The third-order valence-electron chi connectivity index (χ3n) is 6.88. The zero-order valence-electron chi connectivity index (χ0n) is 24.7. The van der Waals surface area contributed by atoms with Crippen molar-refractivity contribution in [1.82, 2.24) is 0 Å². The van der Waals surface area contributed by atoms with E-state index in [4.69, 9.17) is 47.4 Å². The molecule has 0 aromatic heterocycles. The number of carbonyl (C=O) groups is 1. The number of hydrogen-bond acceptors (Lipinski definition) is 11. The minimum Gasteiger partial charge on any atom is -0.464 e. The van der Waals surface area contributed by atoms with Gasteiger partial charge in [0.25, 0.3) is 0 Å². The molecular formula is C31H38O11.